The Morgan fingerprint density at radius 2 is 1.89 bits per heavy atom. The molecule has 4 nitrogen and oxygen atoms in total. The van der Waals surface area contributed by atoms with Crippen LogP contribution in [0, 0.1) is 11.8 Å². The smallest absolute Gasteiger partial charge is 0.240 e. The number of nitrogens with zero attached hydrogens (tertiary/aromatic N) is 2. The third-order valence-electron chi connectivity index (χ3n) is 4.15. The summed E-state index contributed by atoms with van der Waals surface area (Å²) in [5.41, 5.74) is 0. The van der Waals surface area contributed by atoms with Crippen molar-refractivity contribution in [2.75, 3.05) is 32.8 Å². The minimum absolute atomic E-state index is 0.0546. The fraction of sp³-hybridized carbons (Fsp3) is 0.933. The van der Waals surface area contributed by atoms with E-state index in [9.17, 15) is 4.79 Å². The molecule has 2 rings (SSSR count). The van der Waals surface area contributed by atoms with Gasteiger partial charge in [0.15, 0.2) is 0 Å². The highest BCUT2D eigenvalue weighted by Gasteiger charge is 2.32. The van der Waals surface area contributed by atoms with Crippen LogP contribution >= 0.6 is 0 Å². The number of hydrogen-bond donors (Lipinski definition) is 1. The second-order valence-corrected chi connectivity index (χ2v) is 6.72. The lowest BCUT2D eigenvalue weighted by molar-refractivity contribution is -0.129. The third kappa shape index (κ3) is 4.18. The fourth-order valence-corrected chi connectivity index (χ4v) is 3.26. The first-order valence-electron chi connectivity index (χ1n) is 7.80. The van der Waals surface area contributed by atoms with E-state index < -0.39 is 0 Å². The van der Waals surface area contributed by atoms with Crippen molar-refractivity contribution < 1.29 is 4.79 Å². The van der Waals surface area contributed by atoms with Gasteiger partial charge in [0, 0.05) is 13.1 Å². The van der Waals surface area contributed by atoms with Gasteiger partial charge in [-0.1, -0.05) is 20.8 Å². The Kier molecular flexibility index (Phi) is 5.22. The Balaban J connectivity index is 1.74. The predicted octanol–water partition coefficient (Wildman–Crippen LogP) is 1.52. The Bertz CT molecular complexity index is 300. The first kappa shape index (κ1) is 14.8. The summed E-state index contributed by atoms with van der Waals surface area (Å²) in [6.07, 6.45) is 3.64. The van der Waals surface area contributed by atoms with Crippen LogP contribution in [0.2, 0.25) is 0 Å². The van der Waals surface area contributed by atoms with Crippen molar-refractivity contribution in [2.24, 2.45) is 11.8 Å². The molecular weight excluding hydrogens is 238 g/mol. The molecule has 4 heteroatoms. The van der Waals surface area contributed by atoms with Crippen molar-refractivity contribution in [1.82, 2.24) is 15.1 Å². The topological polar surface area (TPSA) is 35.6 Å². The van der Waals surface area contributed by atoms with E-state index in [4.69, 9.17) is 0 Å². The number of amides is 1. The molecule has 2 unspecified atom stereocenters. The van der Waals surface area contributed by atoms with Crippen molar-refractivity contribution >= 4 is 5.91 Å². The van der Waals surface area contributed by atoms with Gasteiger partial charge in [0.05, 0.1) is 12.7 Å². The SMILES string of the molecule is CC(C)CC1NCN(CC(C)CN2CCCC2)C1=O. The van der Waals surface area contributed by atoms with Crippen molar-refractivity contribution in [1.29, 1.82) is 0 Å². The molecular formula is C15H29N3O. The number of nitrogens with one attached hydrogen (secondary N) is 1. The molecule has 0 aromatic rings. The Morgan fingerprint density at radius 3 is 2.53 bits per heavy atom. The van der Waals surface area contributed by atoms with Crippen molar-refractivity contribution in [3.05, 3.63) is 0 Å². The van der Waals surface area contributed by atoms with Crippen LogP contribution in [0.3, 0.4) is 0 Å². The van der Waals surface area contributed by atoms with Gasteiger partial charge >= 0.3 is 0 Å². The third-order valence-corrected chi connectivity index (χ3v) is 4.15. The normalized spacial score (nSPS) is 26.6. The van der Waals surface area contributed by atoms with Gasteiger partial charge in [0.25, 0.3) is 0 Å². The highest BCUT2D eigenvalue weighted by molar-refractivity contribution is 5.83. The Morgan fingerprint density at radius 1 is 1.21 bits per heavy atom. The van der Waals surface area contributed by atoms with Gasteiger partial charge < -0.3 is 9.80 Å². The highest BCUT2D eigenvalue weighted by atomic mass is 16.2. The molecule has 2 heterocycles. The number of carbonyl (C=O) groups is 1. The summed E-state index contributed by atoms with van der Waals surface area (Å²) in [5.74, 6) is 1.45. The molecule has 0 aromatic heterocycles. The molecule has 1 amide bonds. The largest absolute Gasteiger partial charge is 0.328 e. The minimum Gasteiger partial charge on any atom is -0.328 e. The van der Waals surface area contributed by atoms with E-state index in [0.717, 1.165) is 26.2 Å². The van der Waals surface area contributed by atoms with Crippen LogP contribution in [0.5, 0.6) is 0 Å². The first-order valence-corrected chi connectivity index (χ1v) is 7.80. The summed E-state index contributed by atoms with van der Waals surface area (Å²) < 4.78 is 0. The van der Waals surface area contributed by atoms with E-state index in [1.54, 1.807) is 0 Å². The molecule has 2 aliphatic rings. The maximum absolute atomic E-state index is 12.3. The second-order valence-electron chi connectivity index (χ2n) is 6.72. The molecule has 0 radical (unpaired) electrons. The van der Waals surface area contributed by atoms with E-state index in [1.807, 2.05) is 4.90 Å². The van der Waals surface area contributed by atoms with Crippen LogP contribution in [0.1, 0.15) is 40.0 Å². The summed E-state index contributed by atoms with van der Waals surface area (Å²) in [6, 6.07) is 0.0546. The maximum Gasteiger partial charge on any atom is 0.240 e. The molecule has 1 N–H and O–H groups in total. The van der Waals surface area contributed by atoms with Crippen molar-refractivity contribution in [3.63, 3.8) is 0 Å². The van der Waals surface area contributed by atoms with Gasteiger partial charge in [-0.3, -0.25) is 10.1 Å². The second kappa shape index (κ2) is 6.71. The molecule has 2 aliphatic heterocycles. The molecule has 0 spiro atoms. The van der Waals surface area contributed by atoms with Crippen molar-refractivity contribution in [3.8, 4) is 0 Å². The van der Waals surface area contributed by atoms with Crippen molar-refractivity contribution in [2.45, 2.75) is 46.1 Å². The molecule has 0 bridgehead atoms. The van der Waals surface area contributed by atoms with Crippen LogP contribution in [-0.4, -0.2) is 54.6 Å². The fourth-order valence-electron chi connectivity index (χ4n) is 3.26. The van der Waals surface area contributed by atoms with E-state index in [1.165, 1.54) is 25.9 Å². The van der Waals surface area contributed by atoms with Crippen LogP contribution in [0.4, 0.5) is 0 Å². The lowest BCUT2D eigenvalue weighted by atomic mass is 10.0. The average Bonchev–Trinajstić information content (AvgIpc) is 2.93. The highest BCUT2D eigenvalue weighted by Crippen LogP contribution is 2.16. The summed E-state index contributed by atoms with van der Waals surface area (Å²) in [7, 11) is 0. The van der Waals surface area contributed by atoms with Crippen LogP contribution in [-0.2, 0) is 4.79 Å². The maximum atomic E-state index is 12.3. The zero-order valence-electron chi connectivity index (χ0n) is 12.7. The Hall–Kier alpha value is -0.610. The number of likely N-dealkylation sites (tertiary alicyclic amines) is 1. The lowest BCUT2D eigenvalue weighted by Gasteiger charge is -2.24. The van der Waals surface area contributed by atoms with Gasteiger partial charge in [-0.15, -0.1) is 0 Å². The van der Waals surface area contributed by atoms with Crippen LogP contribution in [0.25, 0.3) is 0 Å². The Labute approximate surface area is 117 Å². The van der Waals surface area contributed by atoms with Crippen LogP contribution in [0.15, 0.2) is 0 Å². The quantitative estimate of drug-likeness (QED) is 0.792. The molecule has 0 aromatic carbocycles. The zero-order valence-corrected chi connectivity index (χ0v) is 12.7. The van der Waals surface area contributed by atoms with E-state index in [-0.39, 0.29) is 6.04 Å². The minimum atomic E-state index is 0.0546. The van der Waals surface area contributed by atoms with Gasteiger partial charge in [-0.25, -0.2) is 0 Å². The molecule has 110 valence electrons. The molecule has 0 aliphatic carbocycles. The molecule has 2 fully saturated rings. The number of carbonyl (C=O) groups excluding carboxylic acids is 1. The summed E-state index contributed by atoms with van der Waals surface area (Å²) >= 11 is 0. The van der Waals surface area contributed by atoms with Gasteiger partial charge in [-0.05, 0) is 44.2 Å². The monoisotopic (exact) mass is 267 g/mol. The molecule has 19 heavy (non-hydrogen) atoms. The zero-order chi connectivity index (χ0) is 13.8. The molecule has 0 saturated carbocycles. The van der Waals surface area contributed by atoms with Crippen LogP contribution < -0.4 is 5.32 Å². The van der Waals surface area contributed by atoms with E-state index >= 15 is 0 Å². The number of hydrogen-bond acceptors (Lipinski definition) is 3. The van der Waals surface area contributed by atoms with E-state index in [2.05, 4.69) is 31.0 Å². The van der Waals surface area contributed by atoms with Gasteiger partial charge in [0.1, 0.15) is 0 Å². The van der Waals surface area contributed by atoms with Gasteiger partial charge in [-0.2, -0.15) is 0 Å². The first-order chi connectivity index (χ1) is 9.06. The number of rotatable bonds is 6. The summed E-state index contributed by atoms with van der Waals surface area (Å²) in [5, 5.41) is 3.35. The van der Waals surface area contributed by atoms with E-state index in [0.29, 0.717) is 17.7 Å². The van der Waals surface area contributed by atoms with Gasteiger partial charge in [0.2, 0.25) is 5.91 Å². The standard InChI is InChI=1S/C15H29N3O/c1-12(2)8-14-15(19)18(11-16-14)10-13(3)9-17-6-4-5-7-17/h12-14,16H,4-11H2,1-3H3. The predicted molar refractivity (Wildman–Crippen MR) is 77.8 cm³/mol. The molecule has 2 atom stereocenters. The average molecular weight is 267 g/mol. The lowest BCUT2D eigenvalue weighted by Crippen LogP contribution is -2.37. The molecule has 2 saturated heterocycles. The summed E-state index contributed by atoms with van der Waals surface area (Å²) in [4.78, 5) is 16.8. The summed E-state index contributed by atoms with van der Waals surface area (Å²) in [6.45, 7) is 11.9.